The first kappa shape index (κ1) is 14.1. The van der Waals surface area contributed by atoms with Gasteiger partial charge in [-0.2, -0.15) is 5.10 Å². The number of hydrogen-bond acceptors (Lipinski definition) is 6. The lowest BCUT2D eigenvalue weighted by Crippen LogP contribution is -1.96. The lowest BCUT2D eigenvalue weighted by atomic mass is 10.2. The number of para-hydroxylation sites is 2. The third kappa shape index (κ3) is 3.60. The van der Waals surface area contributed by atoms with Gasteiger partial charge in [0, 0.05) is 23.8 Å². The molecule has 0 spiro atoms. The van der Waals surface area contributed by atoms with E-state index < -0.39 is 9.85 Å². The van der Waals surface area contributed by atoms with Crippen LogP contribution in [0.4, 0.5) is 17.1 Å². The normalized spacial score (nSPS) is 10.5. The molecule has 8 nitrogen and oxygen atoms in total. The summed E-state index contributed by atoms with van der Waals surface area (Å²) in [7, 11) is 0. The van der Waals surface area contributed by atoms with E-state index in [1.807, 2.05) is 0 Å². The van der Waals surface area contributed by atoms with Crippen molar-refractivity contribution in [2.24, 2.45) is 5.10 Å². The summed E-state index contributed by atoms with van der Waals surface area (Å²) in [5.74, 6) is 0. The molecule has 21 heavy (non-hydrogen) atoms. The molecule has 1 N–H and O–H groups in total. The van der Waals surface area contributed by atoms with Gasteiger partial charge in [-0.1, -0.05) is 24.3 Å². The summed E-state index contributed by atoms with van der Waals surface area (Å²) in [5.41, 5.74) is 3.14. The van der Waals surface area contributed by atoms with Crippen LogP contribution in [0.15, 0.2) is 53.6 Å². The highest BCUT2D eigenvalue weighted by Gasteiger charge is 2.11. The molecule has 0 amide bonds. The average Bonchev–Trinajstić information content (AvgIpc) is 2.48. The molecule has 0 bridgehead atoms. The Balaban J connectivity index is 2.15. The van der Waals surface area contributed by atoms with Crippen LogP contribution in [0.5, 0.6) is 0 Å². The van der Waals surface area contributed by atoms with Crippen LogP contribution < -0.4 is 5.43 Å². The van der Waals surface area contributed by atoms with Crippen LogP contribution in [0.1, 0.15) is 5.56 Å². The van der Waals surface area contributed by atoms with Gasteiger partial charge < -0.3 is 0 Å². The van der Waals surface area contributed by atoms with E-state index in [2.05, 4.69) is 10.5 Å². The van der Waals surface area contributed by atoms with Crippen LogP contribution >= 0.6 is 0 Å². The van der Waals surface area contributed by atoms with E-state index >= 15 is 0 Å². The monoisotopic (exact) mass is 286 g/mol. The quantitative estimate of drug-likeness (QED) is 0.516. The number of nitro groups is 2. The topological polar surface area (TPSA) is 111 Å². The predicted molar refractivity (Wildman–Crippen MR) is 77.4 cm³/mol. The Morgan fingerprint density at radius 3 is 2.48 bits per heavy atom. The molecule has 0 aliphatic rings. The van der Waals surface area contributed by atoms with Crippen molar-refractivity contribution in [3.05, 3.63) is 74.3 Å². The fraction of sp³-hybridized carbons (Fsp3) is 0. The fourth-order valence-electron chi connectivity index (χ4n) is 1.62. The van der Waals surface area contributed by atoms with Crippen molar-refractivity contribution in [1.29, 1.82) is 0 Å². The number of hydrogen-bond donors (Lipinski definition) is 1. The lowest BCUT2D eigenvalue weighted by molar-refractivity contribution is -0.384. The van der Waals surface area contributed by atoms with E-state index in [1.165, 1.54) is 36.5 Å². The molecule has 8 heteroatoms. The van der Waals surface area contributed by atoms with Crippen molar-refractivity contribution < 1.29 is 9.85 Å². The largest absolute Gasteiger partial charge is 0.294 e. The van der Waals surface area contributed by atoms with E-state index in [0.29, 0.717) is 5.56 Å². The average molecular weight is 286 g/mol. The molecule has 0 radical (unpaired) electrons. The van der Waals surface area contributed by atoms with Crippen molar-refractivity contribution in [2.75, 3.05) is 5.43 Å². The van der Waals surface area contributed by atoms with Gasteiger partial charge >= 0.3 is 0 Å². The van der Waals surface area contributed by atoms with Crippen molar-refractivity contribution in [1.82, 2.24) is 0 Å². The number of non-ortho nitro benzene ring substituents is 1. The van der Waals surface area contributed by atoms with E-state index in [4.69, 9.17) is 0 Å². The van der Waals surface area contributed by atoms with Crippen LogP contribution in [0, 0.1) is 20.2 Å². The SMILES string of the molecule is O=[N+]([O-])c1cccc(/C=N/Nc2ccccc2[N+](=O)[O-])c1. The molecule has 0 heterocycles. The number of hydrazone groups is 1. The second kappa shape index (κ2) is 6.24. The molecule has 0 atom stereocenters. The second-order valence-electron chi connectivity index (χ2n) is 4.00. The van der Waals surface area contributed by atoms with Crippen LogP contribution in [0.25, 0.3) is 0 Å². The predicted octanol–water partition coefficient (Wildman–Crippen LogP) is 2.95. The molecule has 2 rings (SSSR count). The Morgan fingerprint density at radius 2 is 1.76 bits per heavy atom. The molecule has 0 aromatic heterocycles. The van der Waals surface area contributed by atoms with E-state index in [9.17, 15) is 20.2 Å². The summed E-state index contributed by atoms with van der Waals surface area (Å²) < 4.78 is 0. The Morgan fingerprint density at radius 1 is 1.00 bits per heavy atom. The number of nitrogens with zero attached hydrogens (tertiary/aromatic N) is 3. The summed E-state index contributed by atoms with van der Waals surface area (Å²) in [6.07, 6.45) is 1.35. The highest BCUT2D eigenvalue weighted by Crippen LogP contribution is 2.22. The Hall–Kier alpha value is -3.29. The minimum atomic E-state index is -0.523. The van der Waals surface area contributed by atoms with Crippen LogP contribution in [-0.2, 0) is 0 Å². The van der Waals surface area contributed by atoms with Crippen molar-refractivity contribution in [2.45, 2.75) is 0 Å². The molecule has 0 aliphatic carbocycles. The maximum absolute atomic E-state index is 10.8. The summed E-state index contributed by atoms with van der Waals surface area (Å²) in [4.78, 5) is 20.4. The number of benzene rings is 2. The Labute approximate surface area is 119 Å². The first-order valence-corrected chi connectivity index (χ1v) is 5.85. The van der Waals surface area contributed by atoms with E-state index in [1.54, 1.807) is 18.2 Å². The number of nitro benzene ring substituents is 2. The molecule has 0 aliphatic heterocycles. The van der Waals surface area contributed by atoms with Gasteiger partial charge in [-0.15, -0.1) is 0 Å². The molecule has 0 unspecified atom stereocenters. The molecule has 2 aromatic carbocycles. The molecular formula is C13H10N4O4. The van der Waals surface area contributed by atoms with Crippen LogP contribution in [-0.4, -0.2) is 16.1 Å². The first-order valence-electron chi connectivity index (χ1n) is 5.85. The third-order valence-corrected chi connectivity index (χ3v) is 2.58. The van der Waals surface area contributed by atoms with Gasteiger partial charge in [0.1, 0.15) is 5.69 Å². The minimum absolute atomic E-state index is 0.0513. The maximum Gasteiger partial charge on any atom is 0.294 e. The number of nitrogens with one attached hydrogen (secondary N) is 1. The van der Waals surface area contributed by atoms with Crippen LogP contribution in [0.2, 0.25) is 0 Å². The Kier molecular flexibility index (Phi) is 4.20. The van der Waals surface area contributed by atoms with Crippen molar-refractivity contribution in [3.8, 4) is 0 Å². The summed E-state index contributed by atoms with van der Waals surface area (Å²) in [6, 6.07) is 11.9. The maximum atomic E-state index is 10.8. The van der Waals surface area contributed by atoms with Crippen molar-refractivity contribution in [3.63, 3.8) is 0 Å². The van der Waals surface area contributed by atoms with Gasteiger partial charge in [0.25, 0.3) is 11.4 Å². The first-order chi connectivity index (χ1) is 10.1. The lowest BCUT2D eigenvalue weighted by Gasteiger charge is -2.01. The highest BCUT2D eigenvalue weighted by atomic mass is 16.6. The van der Waals surface area contributed by atoms with E-state index in [0.717, 1.165) is 0 Å². The third-order valence-electron chi connectivity index (χ3n) is 2.58. The smallest absolute Gasteiger partial charge is 0.272 e. The molecular weight excluding hydrogens is 276 g/mol. The molecule has 0 fully saturated rings. The van der Waals surface area contributed by atoms with Gasteiger partial charge in [-0.05, 0) is 6.07 Å². The number of rotatable bonds is 5. The standard InChI is InChI=1S/C13H10N4O4/c18-16(19)11-5-3-4-10(8-11)9-14-15-12-6-1-2-7-13(12)17(20)21/h1-9,15H/b14-9+. The van der Waals surface area contributed by atoms with Gasteiger partial charge in [-0.3, -0.25) is 25.7 Å². The van der Waals surface area contributed by atoms with E-state index in [-0.39, 0.29) is 17.1 Å². The van der Waals surface area contributed by atoms with Gasteiger partial charge in [0.15, 0.2) is 0 Å². The minimum Gasteiger partial charge on any atom is -0.272 e. The zero-order valence-corrected chi connectivity index (χ0v) is 10.7. The van der Waals surface area contributed by atoms with Gasteiger partial charge in [0.2, 0.25) is 0 Å². The summed E-state index contributed by atoms with van der Waals surface area (Å²) >= 11 is 0. The molecule has 106 valence electrons. The molecule has 2 aromatic rings. The fourth-order valence-corrected chi connectivity index (χ4v) is 1.62. The van der Waals surface area contributed by atoms with Gasteiger partial charge in [0.05, 0.1) is 16.1 Å². The molecule has 0 saturated carbocycles. The van der Waals surface area contributed by atoms with Crippen molar-refractivity contribution >= 4 is 23.3 Å². The number of anilines is 1. The molecule has 0 saturated heterocycles. The van der Waals surface area contributed by atoms with Gasteiger partial charge in [-0.25, -0.2) is 0 Å². The summed E-state index contributed by atoms with van der Waals surface area (Å²) in [5, 5.41) is 25.3. The zero-order chi connectivity index (χ0) is 15.2. The Bertz CT molecular complexity index is 715. The second-order valence-corrected chi connectivity index (χ2v) is 4.00. The summed E-state index contributed by atoms with van der Waals surface area (Å²) in [6.45, 7) is 0. The highest BCUT2D eigenvalue weighted by molar-refractivity contribution is 5.81. The zero-order valence-electron chi connectivity index (χ0n) is 10.7. The van der Waals surface area contributed by atoms with Crippen LogP contribution in [0.3, 0.4) is 0 Å².